The number of rotatable bonds is 2. The molecule has 0 aromatic heterocycles. The van der Waals surface area contributed by atoms with Gasteiger partial charge in [-0.15, -0.1) is 0 Å². The minimum Gasteiger partial charge on any atom is -0.389 e. The van der Waals surface area contributed by atoms with E-state index in [1.165, 1.54) is 16.8 Å². The van der Waals surface area contributed by atoms with Crippen molar-refractivity contribution in [1.82, 2.24) is 0 Å². The van der Waals surface area contributed by atoms with Crippen LogP contribution in [0.5, 0.6) is 0 Å². The summed E-state index contributed by atoms with van der Waals surface area (Å²) in [5, 5.41) is 0. The zero-order chi connectivity index (χ0) is 14.8. The van der Waals surface area contributed by atoms with Gasteiger partial charge in [-0.1, -0.05) is 36.5 Å². The third-order valence-corrected chi connectivity index (χ3v) is 4.48. The molecule has 1 aliphatic rings. The monoisotopic (exact) mass is 296 g/mol. The molecule has 108 valence electrons. The first-order valence-electron chi connectivity index (χ1n) is 7.37. The molecule has 0 fully saturated rings. The lowest BCUT2D eigenvalue weighted by Gasteiger charge is -2.23. The van der Waals surface area contributed by atoms with E-state index in [-0.39, 0.29) is 0 Å². The number of hydrogen-bond donors (Lipinski definition) is 1. The van der Waals surface area contributed by atoms with Crippen LogP contribution in [0.3, 0.4) is 0 Å². The van der Waals surface area contributed by atoms with Crippen LogP contribution in [0.2, 0.25) is 0 Å². The molecule has 2 aromatic rings. The molecule has 0 amide bonds. The molecule has 21 heavy (non-hydrogen) atoms. The molecular weight excluding hydrogens is 276 g/mol. The zero-order valence-corrected chi connectivity index (χ0v) is 13.1. The maximum absolute atomic E-state index is 5.74. The molecule has 0 atom stereocenters. The van der Waals surface area contributed by atoms with Crippen molar-refractivity contribution in [3.05, 3.63) is 64.7 Å². The number of anilines is 1. The number of benzene rings is 2. The van der Waals surface area contributed by atoms with Crippen molar-refractivity contribution < 1.29 is 0 Å². The fourth-order valence-corrected chi connectivity index (χ4v) is 3.28. The van der Waals surface area contributed by atoms with Gasteiger partial charge in [0.2, 0.25) is 0 Å². The van der Waals surface area contributed by atoms with Crippen molar-refractivity contribution in [3.8, 4) is 0 Å². The molecule has 0 saturated carbocycles. The van der Waals surface area contributed by atoms with Crippen LogP contribution in [0.25, 0.3) is 0 Å². The first-order valence-corrected chi connectivity index (χ1v) is 7.78. The summed E-state index contributed by atoms with van der Waals surface area (Å²) in [7, 11) is 0. The standard InChI is InChI=1S/C18H20N2S/c1-13-12-16(6-7-17(13)18(19)21)20-10-8-14-4-2-3-5-15(14)9-11-20/h2-7,12H,8-11H2,1H3,(H2,19,21). The molecule has 0 unspecified atom stereocenters. The van der Waals surface area contributed by atoms with Crippen LogP contribution in [-0.2, 0) is 12.8 Å². The highest BCUT2D eigenvalue weighted by atomic mass is 32.1. The number of hydrogen-bond acceptors (Lipinski definition) is 2. The Labute approximate surface area is 131 Å². The summed E-state index contributed by atoms with van der Waals surface area (Å²) < 4.78 is 0. The van der Waals surface area contributed by atoms with E-state index in [2.05, 4.69) is 48.2 Å². The van der Waals surface area contributed by atoms with E-state index >= 15 is 0 Å². The normalized spacial score (nSPS) is 14.4. The van der Waals surface area contributed by atoms with Gasteiger partial charge in [0, 0.05) is 24.3 Å². The lowest BCUT2D eigenvalue weighted by molar-refractivity contribution is 0.805. The number of thiocarbonyl (C=S) groups is 1. The Bertz CT molecular complexity index is 652. The molecule has 1 heterocycles. The van der Waals surface area contributed by atoms with E-state index in [1.807, 2.05) is 6.07 Å². The van der Waals surface area contributed by atoms with Gasteiger partial charge >= 0.3 is 0 Å². The fraction of sp³-hybridized carbons (Fsp3) is 0.278. The Morgan fingerprint density at radius 2 is 1.67 bits per heavy atom. The van der Waals surface area contributed by atoms with Gasteiger partial charge in [-0.25, -0.2) is 0 Å². The fourth-order valence-electron chi connectivity index (χ4n) is 3.05. The van der Waals surface area contributed by atoms with Crippen molar-refractivity contribution in [2.45, 2.75) is 19.8 Å². The number of nitrogens with zero attached hydrogens (tertiary/aromatic N) is 1. The summed E-state index contributed by atoms with van der Waals surface area (Å²) in [4.78, 5) is 2.93. The van der Waals surface area contributed by atoms with Crippen LogP contribution < -0.4 is 10.6 Å². The maximum Gasteiger partial charge on any atom is 0.104 e. The molecule has 3 rings (SSSR count). The summed E-state index contributed by atoms with van der Waals surface area (Å²) in [5.74, 6) is 0. The van der Waals surface area contributed by atoms with Gasteiger partial charge in [0.05, 0.1) is 0 Å². The minimum absolute atomic E-state index is 0.474. The van der Waals surface area contributed by atoms with Gasteiger partial charge in [0.15, 0.2) is 0 Å². The van der Waals surface area contributed by atoms with Crippen LogP contribution in [0.15, 0.2) is 42.5 Å². The average Bonchev–Trinajstić information content (AvgIpc) is 2.69. The quantitative estimate of drug-likeness (QED) is 0.863. The molecule has 2 N–H and O–H groups in total. The molecule has 0 saturated heterocycles. The van der Waals surface area contributed by atoms with Crippen molar-refractivity contribution in [3.63, 3.8) is 0 Å². The highest BCUT2D eigenvalue weighted by Crippen LogP contribution is 2.23. The number of aryl methyl sites for hydroxylation is 1. The van der Waals surface area contributed by atoms with Crippen molar-refractivity contribution in [2.24, 2.45) is 5.73 Å². The summed E-state index contributed by atoms with van der Waals surface area (Å²) in [5.41, 5.74) is 12.1. The maximum atomic E-state index is 5.74. The van der Waals surface area contributed by atoms with Crippen LogP contribution in [0.4, 0.5) is 5.69 Å². The molecule has 0 aliphatic carbocycles. The van der Waals surface area contributed by atoms with Crippen LogP contribution in [0, 0.1) is 6.92 Å². The predicted molar refractivity (Wildman–Crippen MR) is 93.1 cm³/mol. The van der Waals surface area contributed by atoms with Gasteiger partial charge in [0.1, 0.15) is 4.99 Å². The van der Waals surface area contributed by atoms with E-state index in [4.69, 9.17) is 18.0 Å². The molecule has 2 aromatic carbocycles. The van der Waals surface area contributed by atoms with E-state index in [0.29, 0.717) is 4.99 Å². The Balaban J connectivity index is 1.83. The third kappa shape index (κ3) is 2.93. The van der Waals surface area contributed by atoms with E-state index < -0.39 is 0 Å². The highest BCUT2D eigenvalue weighted by Gasteiger charge is 2.14. The van der Waals surface area contributed by atoms with Crippen LogP contribution in [-0.4, -0.2) is 18.1 Å². The van der Waals surface area contributed by atoms with Crippen LogP contribution >= 0.6 is 12.2 Å². The second kappa shape index (κ2) is 5.86. The second-order valence-corrected chi connectivity index (χ2v) is 6.06. The topological polar surface area (TPSA) is 29.3 Å². The summed E-state index contributed by atoms with van der Waals surface area (Å²) in [6, 6.07) is 15.2. The van der Waals surface area contributed by atoms with Gasteiger partial charge in [-0.2, -0.15) is 0 Å². The number of fused-ring (bicyclic) bond motifs is 1. The van der Waals surface area contributed by atoms with Crippen molar-refractivity contribution in [2.75, 3.05) is 18.0 Å². The second-order valence-electron chi connectivity index (χ2n) is 5.62. The molecule has 0 bridgehead atoms. The zero-order valence-electron chi connectivity index (χ0n) is 12.3. The van der Waals surface area contributed by atoms with Crippen molar-refractivity contribution in [1.29, 1.82) is 0 Å². The van der Waals surface area contributed by atoms with Gasteiger partial charge in [-0.05, 0) is 54.7 Å². The molecular formula is C18H20N2S. The number of nitrogens with two attached hydrogens (primary N) is 1. The molecule has 1 aliphatic heterocycles. The summed E-state index contributed by atoms with van der Waals surface area (Å²) in [6.07, 6.45) is 2.21. The first-order chi connectivity index (χ1) is 10.1. The predicted octanol–water partition coefficient (Wildman–Crippen LogP) is 3.23. The Kier molecular flexibility index (Phi) is 3.93. The van der Waals surface area contributed by atoms with E-state index in [1.54, 1.807) is 0 Å². The Morgan fingerprint density at radius 1 is 1.05 bits per heavy atom. The van der Waals surface area contributed by atoms with Gasteiger partial charge in [0.25, 0.3) is 0 Å². The van der Waals surface area contributed by atoms with E-state index in [9.17, 15) is 0 Å². The van der Waals surface area contributed by atoms with Gasteiger partial charge in [-0.3, -0.25) is 0 Å². The van der Waals surface area contributed by atoms with Crippen LogP contribution in [0.1, 0.15) is 22.3 Å². The molecule has 0 radical (unpaired) electrons. The van der Waals surface area contributed by atoms with Gasteiger partial charge < -0.3 is 10.6 Å². The Morgan fingerprint density at radius 3 is 2.19 bits per heavy atom. The SMILES string of the molecule is Cc1cc(N2CCc3ccccc3CC2)ccc1C(N)=S. The lowest BCUT2D eigenvalue weighted by atomic mass is 10.0. The largest absolute Gasteiger partial charge is 0.389 e. The average molecular weight is 296 g/mol. The third-order valence-electron chi connectivity index (χ3n) is 4.26. The first kappa shape index (κ1) is 14.1. The molecule has 3 heteroatoms. The minimum atomic E-state index is 0.474. The summed E-state index contributed by atoms with van der Waals surface area (Å²) >= 11 is 5.08. The lowest BCUT2D eigenvalue weighted by Crippen LogP contribution is -2.26. The van der Waals surface area contributed by atoms with E-state index in [0.717, 1.165) is 37.1 Å². The highest BCUT2D eigenvalue weighted by molar-refractivity contribution is 7.80. The summed E-state index contributed by atoms with van der Waals surface area (Å²) in [6.45, 7) is 4.19. The molecule has 2 nitrogen and oxygen atoms in total. The Hall–Kier alpha value is -1.87. The molecule has 0 spiro atoms. The smallest absolute Gasteiger partial charge is 0.104 e. The van der Waals surface area contributed by atoms with Crippen molar-refractivity contribution >= 4 is 22.9 Å².